The van der Waals surface area contributed by atoms with Gasteiger partial charge in [-0.1, -0.05) is 0 Å². The van der Waals surface area contributed by atoms with E-state index in [1.807, 2.05) is 17.9 Å². The van der Waals surface area contributed by atoms with Crippen molar-refractivity contribution in [1.29, 1.82) is 0 Å². The number of aromatic nitrogens is 1. The molecule has 2 heterocycles. The summed E-state index contributed by atoms with van der Waals surface area (Å²) in [5.74, 6) is 0.530. The Morgan fingerprint density at radius 2 is 2.47 bits per heavy atom. The number of pyridine rings is 1. The van der Waals surface area contributed by atoms with E-state index in [1.165, 1.54) is 0 Å². The van der Waals surface area contributed by atoms with Crippen molar-refractivity contribution in [2.45, 2.75) is 19.8 Å². The molecule has 4 nitrogen and oxygen atoms in total. The van der Waals surface area contributed by atoms with Crippen LogP contribution in [0.1, 0.15) is 28.9 Å². The first-order valence-electron chi connectivity index (χ1n) is 6.03. The number of aryl methyl sites for hydroxylation is 1. The molecule has 0 radical (unpaired) electrons. The van der Waals surface area contributed by atoms with Gasteiger partial charge in [-0.3, -0.25) is 9.78 Å². The van der Waals surface area contributed by atoms with E-state index in [-0.39, 0.29) is 12.5 Å². The van der Waals surface area contributed by atoms with Crippen LogP contribution in [-0.2, 0) is 0 Å². The smallest absolute Gasteiger partial charge is 0.253 e. The SMILES string of the molecule is Cc1cc(C(=O)N2CCC(CCO)C2)ccn1. The molecule has 92 valence electrons. The lowest BCUT2D eigenvalue weighted by Gasteiger charge is -2.16. The van der Waals surface area contributed by atoms with Gasteiger partial charge in [-0.2, -0.15) is 0 Å². The molecular formula is C13H18N2O2. The Bertz CT molecular complexity index is 406. The average molecular weight is 234 g/mol. The fourth-order valence-corrected chi connectivity index (χ4v) is 2.30. The second kappa shape index (κ2) is 5.27. The summed E-state index contributed by atoms with van der Waals surface area (Å²) in [4.78, 5) is 18.1. The van der Waals surface area contributed by atoms with Gasteiger partial charge in [-0.15, -0.1) is 0 Å². The van der Waals surface area contributed by atoms with Crippen LogP contribution in [0, 0.1) is 12.8 Å². The van der Waals surface area contributed by atoms with E-state index in [0.29, 0.717) is 11.5 Å². The number of amides is 1. The lowest BCUT2D eigenvalue weighted by Crippen LogP contribution is -2.28. The molecule has 0 bridgehead atoms. The lowest BCUT2D eigenvalue weighted by atomic mass is 10.1. The minimum Gasteiger partial charge on any atom is -0.396 e. The Labute approximate surface area is 101 Å². The van der Waals surface area contributed by atoms with Gasteiger partial charge < -0.3 is 10.0 Å². The predicted octanol–water partition coefficient (Wildman–Crippen LogP) is 1.23. The van der Waals surface area contributed by atoms with Gasteiger partial charge in [0.05, 0.1) is 0 Å². The molecule has 1 aliphatic rings. The predicted molar refractivity (Wildman–Crippen MR) is 64.7 cm³/mol. The van der Waals surface area contributed by atoms with Gasteiger partial charge in [0.1, 0.15) is 0 Å². The zero-order valence-corrected chi connectivity index (χ0v) is 10.1. The summed E-state index contributed by atoms with van der Waals surface area (Å²) in [7, 11) is 0. The number of aliphatic hydroxyl groups excluding tert-OH is 1. The Hall–Kier alpha value is -1.42. The molecule has 0 aromatic carbocycles. The monoisotopic (exact) mass is 234 g/mol. The van der Waals surface area contributed by atoms with E-state index in [2.05, 4.69) is 4.98 Å². The van der Waals surface area contributed by atoms with Gasteiger partial charge in [0.25, 0.3) is 5.91 Å². The summed E-state index contributed by atoms with van der Waals surface area (Å²) >= 11 is 0. The lowest BCUT2D eigenvalue weighted by molar-refractivity contribution is 0.0784. The minimum absolute atomic E-state index is 0.0796. The number of hydrogen-bond acceptors (Lipinski definition) is 3. The summed E-state index contributed by atoms with van der Waals surface area (Å²) in [5, 5.41) is 8.89. The molecule has 0 spiro atoms. The summed E-state index contributed by atoms with van der Waals surface area (Å²) in [6.07, 6.45) is 3.46. The van der Waals surface area contributed by atoms with E-state index in [4.69, 9.17) is 5.11 Å². The van der Waals surface area contributed by atoms with Crippen molar-refractivity contribution in [3.05, 3.63) is 29.6 Å². The van der Waals surface area contributed by atoms with Crippen LogP contribution in [0.4, 0.5) is 0 Å². The molecule has 1 aliphatic heterocycles. The highest BCUT2D eigenvalue weighted by molar-refractivity contribution is 5.94. The van der Waals surface area contributed by atoms with Crippen LogP contribution >= 0.6 is 0 Å². The summed E-state index contributed by atoms with van der Waals surface area (Å²) in [6, 6.07) is 3.58. The molecule has 1 atom stereocenters. The summed E-state index contributed by atoms with van der Waals surface area (Å²) in [5.41, 5.74) is 1.57. The van der Waals surface area contributed by atoms with Gasteiger partial charge in [0.15, 0.2) is 0 Å². The second-order valence-corrected chi connectivity index (χ2v) is 4.60. The largest absolute Gasteiger partial charge is 0.396 e. The minimum atomic E-state index is 0.0796. The van der Waals surface area contributed by atoms with Crippen molar-refractivity contribution in [2.24, 2.45) is 5.92 Å². The maximum absolute atomic E-state index is 12.2. The number of aliphatic hydroxyl groups is 1. The third-order valence-electron chi connectivity index (χ3n) is 3.25. The molecule has 4 heteroatoms. The Kier molecular flexibility index (Phi) is 3.74. The molecule has 1 saturated heterocycles. The molecule has 2 rings (SSSR count). The average Bonchev–Trinajstić information content (AvgIpc) is 2.77. The summed E-state index contributed by atoms with van der Waals surface area (Å²) in [6.45, 7) is 3.65. The highest BCUT2D eigenvalue weighted by Gasteiger charge is 2.26. The molecule has 1 amide bonds. The normalized spacial score (nSPS) is 19.6. The van der Waals surface area contributed by atoms with Crippen LogP contribution in [0.2, 0.25) is 0 Å². The van der Waals surface area contributed by atoms with E-state index >= 15 is 0 Å². The number of rotatable bonds is 3. The first-order chi connectivity index (χ1) is 8.20. The molecule has 0 saturated carbocycles. The zero-order valence-electron chi connectivity index (χ0n) is 10.1. The first kappa shape index (κ1) is 12.0. The number of carbonyl (C=O) groups excluding carboxylic acids is 1. The van der Waals surface area contributed by atoms with Crippen molar-refractivity contribution in [3.63, 3.8) is 0 Å². The fraction of sp³-hybridized carbons (Fsp3) is 0.538. The van der Waals surface area contributed by atoms with Crippen molar-refractivity contribution in [3.8, 4) is 0 Å². The van der Waals surface area contributed by atoms with Crippen LogP contribution in [0.15, 0.2) is 18.3 Å². The third-order valence-corrected chi connectivity index (χ3v) is 3.25. The molecule has 1 aromatic heterocycles. The van der Waals surface area contributed by atoms with Crippen LogP contribution in [0.5, 0.6) is 0 Å². The number of carbonyl (C=O) groups is 1. The molecule has 1 unspecified atom stereocenters. The molecule has 0 aliphatic carbocycles. The number of nitrogens with zero attached hydrogens (tertiary/aromatic N) is 2. The van der Waals surface area contributed by atoms with E-state index in [0.717, 1.165) is 31.6 Å². The van der Waals surface area contributed by atoms with E-state index in [9.17, 15) is 4.79 Å². The van der Waals surface area contributed by atoms with Gasteiger partial charge in [-0.25, -0.2) is 0 Å². The number of hydrogen-bond donors (Lipinski definition) is 1. The Balaban J connectivity index is 2.02. The van der Waals surface area contributed by atoms with Crippen LogP contribution < -0.4 is 0 Å². The molecular weight excluding hydrogens is 216 g/mol. The molecule has 1 fully saturated rings. The van der Waals surface area contributed by atoms with Crippen LogP contribution in [0.3, 0.4) is 0 Å². The molecule has 1 aromatic rings. The Morgan fingerprint density at radius 1 is 1.65 bits per heavy atom. The molecule has 1 N–H and O–H groups in total. The van der Waals surface area contributed by atoms with Crippen LogP contribution in [-0.4, -0.2) is 40.6 Å². The third kappa shape index (κ3) is 2.82. The first-order valence-corrected chi connectivity index (χ1v) is 6.03. The van der Waals surface area contributed by atoms with E-state index in [1.54, 1.807) is 12.3 Å². The number of likely N-dealkylation sites (tertiary alicyclic amines) is 1. The van der Waals surface area contributed by atoms with Crippen molar-refractivity contribution >= 4 is 5.91 Å². The maximum Gasteiger partial charge on any atom is 0.253 e. The maximum atomic E-state index is 12.2. The van der Waals surface area contributed by atoms with Gasteiger partial charge in [0.2, 0.25) is 0 Å². The highest BCUT2D eigenvalue weighted by Crippen LogP contribution is 2.21. The van der Waals surface area contributed by atoms with Gasteiger partial charge >= 0.3 is 0 Å². The van der Waals surface area contributed by atoms with Crippen LogP contribution in [0.25, 0.3) is 0 Å². The quantitative estimate of drug-likeness (QED) is 0.856. The zero-order chi connectivity index (χ0) is 12.3. The topological polar surface area (TPSA) is 53.4 Å². The standard InChI is InChI=1S/C13H18N2O2/c1-10-8-12(2-5-14-10)13(17)15-6-3-11(9-15)4-7-16/h2,5,8,11,16H,3-4,6-7,9H2,1H3. The van der Waals surface area contributed by atoms with Gasteiger partial charge in [0, 0.05) is 37.2 Å². The second-order valence-electron chi connectivity index (χ2n) is 4.60. The van der Waals surface area contributed by atoms with Gasteiger partial charge in [-0.05, 0) is 37.8 Å². The van der Waals surface area contributed by atoms with Crippen molar-refractivity contribution in [1.82, 2.24) is 9.88 Å². The fourth-order valence-electron chi connectivity index (χ4n) is 2.30. The molecule has 17 heavy (non-hydrogen) atoms. The van der Waals surface area contributed by atoms with Crippen molar-refractivity contribution in [2.75, 3.05) is 19.7 Å². The Morgan fingerprint density at radius 3 is 3.18 bits per heavy atom. The van der Waals surface area contributed by atoms with Crippen molar-refractivity contribution < 1.29 is 9.90 Å². The van der Waals surface area contributed by atoms with E-state index < -0.39 is 0 Å². The summed E-state index contributed by atoms with van der Waals surface area (Å²) < 4.78 is 0. The highest BCUT2D eigenvalue weighted by atomic mass is 16.3.